The third kappa shape index (κ3) is 5.44. The van der Waals surface area contributed by atoms with Gasteiger partial charge in [-0.1, -0.05) is 25.7 Å². The Labute approximate surface area is 129 Å². The average Bonchev–Trinajstić information content (AvgIpc) is 2.79. The van der Waals surface area contributed by atoms with E-state index in [0.717, 1.165) is 12.7 Å². The highest BCUT2D eigenvalue weighted by atomic mass is 16.6. The van der Waals surface area contributed by atoms with Crippen LogP contribution in [0.5, 0.6) is 0 Å². The second-order valence-corrected chi connectivity index (χ2v) is 5.65. The summed E-state index contributed by atoms with van der Waals surface area (Å²) >= 11 is 0. The molecule has 1 saturated carbocycles. The van der Waals surface area contributed by atoms with Gasteiger partial charge < -0.3 is 10.6 Å². The highest BCUT2D eigenvalue weighted by Gasteiger charge is 2.12. The first-order valence-electron chi connectivity index (χ1n) is 7.82. The SMILES string of the molecule is O=C(Cn1cc([N+](=O)[O-])cn1)NCCNC1CCCCCC1. The number of hydrogen-bond acceptors (Lipinski definition) is 5. The Hall–Kier alpha value is -1.96. The van der Waals surface area contributed by atoms with Crippen LogP contribution in [0.4, 0.5) is 5.69 Å². The lowest BCUT2D eigenvalue weighted by molar-refractivity contribution is -0.385. The number of aromatic nitrogens is 2. The van der Waals surface area contributed by atoms with Gasteiger partial charge in [-0.15, -0.1) is 0 Å². The first-order valence-corrected chi connectivity index (χ1v) is 7.82. The molecule has 0 unspecified atom stereocenters. The van der Waals surface area contributed by atoms with Gasteiger partial charge >= 0.3 is 5.69 Å². The molecule has 2 rings (SSSR count). The number of rotatable bonds is 7. The van der Waals surface area contributed by atoms with Crippen LogP contribution in [-0.4, -0.2) is 39.7 Å². The summed E-state index contributed by atoms with van der Waals surface area (Å²) in [6, 6.07) is 0.563. The summed E-state index contributed by atoms with van der Waals surface area (Å²) in [5, 5.41) is 20.6. The van der Waals surface area contributed by atoms with Crippen LogP contribution in [0, 0.1) is 10.1 Å². The van der Waals surface area contributed by atoms with E-state index in [1.54, 1.807) is 0 Å². The highest BCUT2D eigenvalue weighted by molar-refractivity contribution is 5.75. The van der Waals surface area contributed by atoms with E-state index in [1.807, 2.05) is 0 Å². The molecule has 0 spiro atoms. The summed E-state index contributed by atoms with van der Waals surface area (Å²) in [5.74, 6) is -0.194. The fourth-order valence-corrected chi connectivity index (χ4v) is 2.70. The molecule has 8 heteroatoms. The summed E-state index contributed by atoms with van der Waals surface area (Å²) in [7, 11) is 0. The lowest BCUT2D eigenvalue weighted by Crippen LogP contribution is -2.38. The minimum absolute atomic E-state index is 0.00271. The topological polar surface area (TPSA) is 102 Å². The van der Waals surface area contributed by atoms with Crippen molar-refractivity contribution in [2.45, 2.75) is 51.1 Å². The Bertz CT molecular complexity index is 494. The summed E-state index contributed by atoms with van der Waals surface area (Å²) in [6.07, 6.45) is 10.0. The monoisotopic (exact) mass is 309 g/mol. The van der Waals surface area contributed by atoms with Crippen molar-refractivity contribution < 1.29 is 9.72 Å². The molecule has 1 aliphatic rings. The zero-order chi connectivity index (χ0) is 15.8. The molecule has 0 saturated heterocycles. The maximum Gasteiger partial charge on any atom is 0.307 e. The van der Waals surface area contributed by atoms with Crippen molar-refractivity contribution >= 4 is 11.6 Å². The van der Waals surface area contributed by atoms with Gasteiger partial charge in [0, 0.05) is 19.1 Å². The number of nitro groups is 1. The maximum atomic E-state index is 11.7. The van der Waals surface area contributed by atoms with Crippen molar-refractivity contribution in [3.8, 4) is 0 Å². The van der Waals surface area contributed by atoms with Crippen LogP contribution in [0.15, 0.2) is 12.4 Å². The molecular formula is C14H23N5O3. The van der Waals surface area contributed by atoms with Gasteiger partial charge in [-0.2, -0.15) is 5.10 Å². The third-order valence-corrected chi connectivity index (χ3v) is 3.87. The molecule has 1 aromatic rings. The van der Waals surface area contributed by atoms with E-state index >= 15 is 0 Å². The zero-order valence-electron chi connectivity index (χ0n) is 12.7. The van der Waals surface area contributed by atoms with Crippen LogP contribution in [-0.2, 0) is 11.3 Å². The van der Waals surface area contributed by atoms with Gasteiger partial charge in [-0.05, 0) is 12.8 Å². The molecule has 122 valence electrons. The van der Waals surface area contributed by atoms with Gasteiger partial charge in [-0.3, -0.25) is 19.6 Å². The standard InChI is InChI=1S/C14H23N5O3/c20-14(11-18-10-13(9-17-18)19(21)22)16-8-7-15-12-5-3-1-2-4-6-12/h9-10,12,15H,1-8,11H2,(H,16,20). The second-order valence-electron chi connectivity index (χ2n) is 5.65. The number of carbonyl (C=O) groups excluding carboxylic acids is 1. The van der Waals surface area contributed by atoms with Crippen molar-refractivity contribution in [2.75, 3.05) is 13.1 Å². The van der Waals surface area contributed by atoms with Crippen molar-refractivity contribution in [1.29, 1.82) is 0 Å². The van der Waals surface area contributed by atoms with E-state index < -0.39 is 4.92 Å². The van der Waals surface area contributed by atoms with Crippen LogP contribution in [0.3, 0.4) is 0 Å². The van der Waals surface area contributed by atoms with Crippen LogP contribution in [0.25, 0.3) is 0 Å². The van der Waals surface area contributed by atoms with Gasteiger partial charge in [0.15, 0.2) is 0 Å². The molecule has 1 heterocycles. The first kappa shape index (κ1) is 16.4. The molecule has 0 aromatic carbocycles. The summed E-state index contributed by atoms with van der Waals surface area (Å²) in [6.45, 7) is 1.30. The maximum absolute atomic E-state index is 11.7. The van der Waals surface area contributed by atoms with Crippen molar-refractivity contribution in [3.63, 3.8) is 0 Å². The molecular weight excluding hydrogens is 286 g/mol. The number of carbonyl (C=O) groups is 1. The number of amides is 1. The predicted octanol–water partition coefficient (Wildman–Crippen LogP) is 1.22. The molecule has 8 nitrogen and oxygen atoms in total. The minimum atomic E-state index is -0.530. The van der Waals surface area contributed by atoms with Gasteiger partial charge in [-0.25, -0.2) is 0 Å². The van der Waals surface area contributed by atoms with E-state index in [0.29, 0.717) is 12.6 Å². The molecule has 0 atom stereocenters. The Morgan fingerprint density at radius 1 is 1.32 bits per heavy atom. The fourth-order valence-electron chi connectivity index (χ4n) is 2.70. The summed E-state index contributed by atoms with van der Waals surface area (Å²) < 4.78 is 1.27. The van der Waals surface area contributed by atoms with E-state index in [4.69, 9.17) is 0 Å². The van der Waals surface area contributed by atoms with E-state index in [-0.39, 0.29) is 18.1 Å². The van der Waals surface area contributed by atoms with E-state index in [1.165, 1.54) is 49.4 Å². The quantitative estimate of drug-likeness (QED) is 0.341. The smallest absolute Gasteiger partial charge is 0.307 e. The Morgan fingerprint density at radius 3 is 2.68 bits per heavy atom. The normalized spacial score (nSPS) is 16.2. The average molecular weight is 309 g/mol. The van der Waals surface area contributed by atoms with Gasteiger partial charge in [0.05, 0.1) is 4.92 Å². The lowest BCUT2D eigenvalue weighted by Gasteiger charge is -2.16. The molecule has 0 aliphatic heterocycles. The zero-order valence-corrected chi connectivity index (χ0v) is 12.7. The number of nitrogens with one attached hydrogen (secondary N) is 2. The van der Waals surface area contributed by atoms with Crippen LogP contribution < -0.4 is 10.6 Å². The molecule has 1 aromatic heterocycles. The van der Waals surface area contributed by atoms with Crippen molar-refractivity contribution in [1.82, 2.24) is 20.4 Å². The van der Waals surface area contributed by atoms with E-state index in [2.05, 4.69) is 15.7 Å². The Kier molecular flexibility index (Phi) is 6.32. The lowest BCUT2D eigenvalue weighted by atomic mass is 10.1. The van der Waals surface area contributed by atoms with Crippen LogP contribution in [0.2, 0.25) is 0 Å². The molecule has 1 aliphatic carbocycles. The second kappa shape index (κ2) is 8.47. The van der Waals surface area contributed by atoms with Gasteiger partial charge in [0.25, 0.3) is 0 Å². The van der Waals surface area contributed by atoms with Gasteiger partial charge in [0.1, 0.15) is 18.9 Å². The molecule has 0 radical (unpaired) electrons. The molecule has 1 amide bonds. The minimum Gasteiger partial charge on any atom is -0.353 e. The number of hydrogen-bond donors (Lipinski definition) is 2. The van der Waals surface area contributed by atoms with E-state index in [9.17, 15) is 14.9 Å². The molecule has 2 N–H and O–H groups in total. The highest BCUT2D eigenvalue weighted by Crippen LogP contribution is 2.16. The Balaban J connectivity index is 1.61. The molecule has 22 heavy (non-hydrogen) atoms. The van der Waals surface area contributed by atoms with Crippen molar-refractivity contribution in [3.05, 3.63) is 22.5 Å². The molecule has 1 fully saturated rings. The fraction of sp³-hybridized carbons (Fsp3) is 0.714. The predicted molar refractivity (Wildman–Crippen MR) is 81.4 cm³/mol. The van der Waals surface area contributed by atoms with Crippen LogP contribution in [0.1, 0.15) is 38.5 Å². The first-order chi connectivity index (χ1) is 10.6. The van der Waals surface area contributed by atoms with Crippen LogP contribution >= 0.6 is 0 Å². The third-order valence-electron chi connectivity index (χ3n) is 3.87. The molecule has 0 bridgehead atoms. The largest absolute Gasteiger partial charge is 0.353 e. The number of nitrogens with zero attached hydrogens (tertiary/aromatic N) is 3. The summed E-state index contributed by atoms with van der Waals surface area (Å²) in [4.78, 5) is 21.7. The van der Waals surface area contributed by atoms with Gasteiger partial charge in [0.2, 0.25) is 5.91 Å². The van der Waals surface area contributed by atoms with Crippen molar-refractivity contribution in [2.24, 2.45) is 0 Å². The summed E-state index contributed by atoms with van der Waals surface area (Å²) in [5.41, 5.74) is -0.108. The Morgan fingerprint density at radius 2 is 2.05 bits per heavy atom.